The van der Waals surface area contributed by atoms with E-state index in [1.54, 1.807) is 0 Å². The summed E-state index contributed by atoms with van der Waals surface area (Å²) in [6.07, 6.45) is 7.72. The minimum atomic E-state index is -3.09. The van der Waals surface area contributed by atoms with Gasteiger partial charge in [-0.3, -0.25) is 4.90 Å². The third-order valence-corrected chi connectivity index (χ3v) is 5.18. The van der Waals surface area contributed by atoms with Gasteiger partial charge in [-0.15, -0.1) is 0 Å². The van der Waals surface area contributed by atoms with Crippen LogP contribution < -0.4 is 4.72 Å². The fourth-order valence-corrected chi connectivity index (χ4v) is 4.04. The van der Waals surface area contributed by atoms with Crippen LogP contribution in [0, 0.1) is 5.92 Å². The number of aliphatic hydroxyl groups is 1. The molecule has 112 valence electrons. The Balaban J connectivity index is 1.86. The number of hydrogen-bond donors (Lipinski definition) is 2. The van der Waals surface area contributed by atoms with Gasteiger partial charge in [0.05, 0.1) is 12.4 Å². The molecule has 5 nitrogen and oxygen atoms in total. The van der Waals surface area contributed by atoms with Crippen molar-refractivity contribution >= 4 is 10.0 Å². The molecule has 2 N–H and O–H groups in total. The highest BCUT2D eigenvalue weighted by molar-refractivity contribution is 7.88. The highest BCUT2D eigenvalue weighted by atomic mass is 32.2. The van der Waals surface area contributed by atoms with Crippen LogP contribution in [0.4, 0.5) is 0 Å². The first-order chi connectivity index (χ1) is 8.97. The summed E-state index contributed by atoms with van der Waals surface area (Å²) in [5.41, 5.74) is 0. The average Bonchev–Trinajstić information content (AvgIpc) is 2.76. The van der Waals surface area contributed by atoms with Crippen LogP contribution in [0.3, 0.4) is 0 Å². The van der Waals surface area contributed by atoms with Gasteiger partial charge in [-0.05, 0) is 32.2 Å². The summed E-state index contributed by atoms with van der Waals surface area (Å²) < 4.78 is 24.7. The van der Waals surface area contributed by atoms with Gasteiger partial charge in [0.1, 0.15) is 0 Å². The van der Waals surface area contributed by atoms with Gasteiger partial charge in [-0.1, -0.05) is 12.8 Å². The van der Waals surface area contributed by atoms with Crippen LogP contribution >= 0.6 is 0 Å². The minimum absolute atomic E-state index is 0.165. The lowest BCUT2D eigenvalue weighted by Crippen LogP contribution is -2.45. The van der Waals surface area contributed by atoms with Crippen LogP contribution in [-0.4, -0.2) is 56.5 Å². The van der Waals surface area contributed by atoms with Gasteiger partial charge in [0.2, 0.25) is 10.0 Å². The molecule has 0 spiro atoms. The average molecular weight is 290 g/mol. The molecule has 0 amide bonds. The molecule has 0 aromatic rings. The summed E-state index contributed by atoms with van der Waals surface area (Å²) in [6.45, 7) is 2.25. The summed E-state index contributed by atoms with van der Waals surface area (Å²) in [7, 11) is -3.09. The molecule has 1 saturated heterocycles. The second kappa shape index (κ2) is 6.52. The third kappa shape index (κ3) is 4.41. The van der Waals surface area contributed by atoms with Crippen molar-refractivity contribution in [3.63, 3.8) is 0 Å². The zero-order chi connectivity index (χ0) is 13.9. The van der Waals surface area contributed by atoms with Crippen molar-refractivity contribution in [3.05, 3.63) is 0 Å². The summed E-state index contributed by atoms with van der Waals surface area (Å²) >= 11 is 0. The summed E-state index contributed by atoms with van der Waals surface area (Å²) in [4.78, 5) is 2.36. The Morgan fingerprint density at radius 1 is 1.21 bits per heavy atom. The van der Waals surface area contributed by atoms with E-state index < -0.39 is 10.0 Å². The molecular weight excluding hydrogens is 264 g/mol. The van der Waals surface area contributed by atoms with Gasteiger partial charge in [0.25, 0.3) is 0 Å². The lowest BCUT2D eigenvalue weighted by atomic mass is 9.80. The van der Waals surface area contributed by atoms with Crippen molar-refractivity contribution in [2.75, 3.05) is 25.9 Å². The Kier molecular flexibility index (Phi) is 5.22. The van der Waals surface area contributed by atoms with E-state index in [0.29, 0.717) is 18.5 Å². The van der Waals surface area contributed by atoms with Crippen LogP contribution in [0.2, 0.25) is 0 Å². The zero-order valence-corrected chi connectivity index (χ0v) is 12.5. The number of aliphatic hydroxyl groups excluding tert-OH is 1. The molecule has 0 bridgehead atoms. The van der Waals surface area contributed by atoms with Crippen molar-refractivity contribution in [2.45, 2.75) is 50.7 Å². The Hall–Kier alpha value is -0.170. The van der Waals surface area contributed by atoms with Crippen LogP contribution in [-0.2, 0) is 10.0 Å². The predicted octanol–water partition coefficient (Wildman–Crippen LogP) is 0.551. The minimum Gasteiger partial charge on any atom is -0.393 e. The molecule has 6 heteroatoms. The maximum absolute atomic E-state index is 11.1. The third-order valence-electron chi connectivity index (χ3n) is 4.45. The highest BCUT2D eigenvalue weighted by Crippen LogP contribution is 2.34. The maximum Gasteiger partial charge on any atom is 0.208 e. The standard InChI is InChI=1S/C13H26N2O3S/c1-19(17,18)14-8-10-15-9-4-6-12(15)11-5-2-3-7-13(11)16/h11-14,16H,2-10H2,1H3/t11-,12+,13+/m0/s1. The van der Waals surface area contributed by atoms with Gasteiger partial charge in [0.15, 0.2) is 0 Å². The Bertz CT molecular complexity index is 385. The van der Waals surface area contributed by atoms with E-state index in [0.717, 1.165) is 45.2 Å². The van der Waals surface area contributed by atoms with Gasteiger partial charge in [0, 0.05) is 25.0 Å². The lowest BCUT2D eigenvalue weighted by molar-refractivity contribution is 0.0227. The smallest absolute Gasteiger partial charge is 0.208 e. The molecule has 1 aliphatic heterocycles. The van der Waals surface area contributed by atoms with E-state index in [4.69, 9.17) is 0 Å². The Morgan fingerprint density at radius 3 is 2.63 bits per heavy atom. The first kappa shape index (κ1) is 15.2. The number of nitrogens with zero attached hydrogens (tertiary/aromatic N) is 1. The zero-order valence-electron chi connectivity index (χ0n) is 11.7. The van der Waals surface area contributed by atoms with Crippen LogP contribution in [0.5, 0.6) is 0 Å². The summed E-state index contributed by atoms with van der Waals surface area (Å²) in [5.74, 6) is 0.384. The van der Waals surface area contributed by atoms with Crippen molar-refractivity contribution in [1.82, 2.24) is 9.62 Å². The molecule has 1 aliphatic carbocycles. The number of hydrogen-bond acceptors (Lipinski definition) is 4. The molecule has 3 atom stereocenters. The van der Waals surface area contributed by atoms with Crippen LogP contribution in [0.25, 0.3) is 0 Å². The van der Waals surface area contributed by atoms with E-state index in [1.807, 2.05) is 0 Å². The molecule has 2 rings (SSSR count). The number of likely N-dealkylation sites (tertiary alicyclic amines) is 1. The van der Waals surface area contributed by atoms with Gasteiger partial charge in [-0.25, -0.2) is 13.1 Å². The second-order valence-electron chi connectivity index (χ2n) is 5.93. The molecule has 0 unspecified atom stereocenters. The second-order valence-corrected chi connectivity index (χ2v) is 7.76. The molecular formula is C13H26N2O3S. The molecule has 0 aromatic heterocycles. The van der Waals surface area contributed by atoms with Gasteiger partial charge < -0.3 is 5.11 Å². The maximum atomic E-state index is 11.1. The monoisotopic (exact) mass is 290 g/mol. The Morgan fingerprint density at radius 2 is 1.95 bits per heavy atom. The molecule has 2 aliphatic rings. The van der Waals surface area contributed by atoms with E-state index in [9.17, 15) is 13.5 Å². The highest BCUT2D eigenvalue weighted by Gasteiger charge is 2.36. The fourth-order valence-electron chi connectivity index (χ4n) is 3.58. The number of rotatable bonds is 5. The van der Waals surface area contributed by atoms with Crippen LogP contribution in [0.15, 0.2) is 0 Å². The number of sulfonamides is 1. The topological polar surface area (TPSA) is 69.6 Å². The van der Waals surface area contributed by atoms with E-state index in [2.05, 4.69) is 9.62 Å². The SMILES string of the molecule is CS(=O)(=O)NCCN1CCC[C@@H]1[C@@H]1CCCC[C@H]1O. The van der Waals surface area contributed by atoms with Crippen LogP contribution in [0.1, 0.15) is 38.5 Å². The molecule has 1 heterocycles. The van der Waals surface area contributed by atoms with Gasteiger partial charge in [-0.2, -0.15) is 0 Å². The van der Waals surface area contributed by atoms with E-state index >= 15 is 0 Å². The quantitative estimate of drug-likeness (QED) is 0.776. The molecule has 19 heavy (non-hydrogen) atoms. The van der Waals surface area contributed by atoms with Crippen molar-refractivity contribution in [2.24, 2.45) is 5.92 Å². The summed E-state index contributed by atoms with van der Waals surface area (Å²) in [5, 5.41) is 10.2. The van der Waals surface area contributed by atoms with E-state index in [1.165, 1.54) is 12.7 Å². The fraction of sp³-hybridized carbons (Fsp3) is 1.00. The molecule has 2 fully saturated rings. The molecule has 0 radical (unpaired) electrons. The summed E-state index contributed by atoms with van der Waals surface area (Å²) in [6, 6.07) is 0.441. The first-order valence-corrected chi connectivity index (χ1v) is 9.23. The number of nitrogens with one attached hydrogen (secondary N) is 1. The van der Waals surface area contributed by atoms with Crippen molar-refractivity contribution < 1.29 is 13.5 Å². The predicted molar refractivity (Wildman–Crippen MR) is 75.4 cm³/mol. The van der Waals surface area contributed by atoms with Crippen molar-refractivity contribution in [1.29, 1.82) is 0 Å². The van der Waals surface area contributed by atoms with Gasteiger partial charge >= 0.3 is 0 Å². The van der Waals surface area contributed by atoms with E-state index in [-0.39, 0.29) is 6.10 Å². The molecule has 0 aromatic carbocycles. The molecule has 1 saturated carbocycles. The normalized spacial score (nSPS) is 33.7. The lowest BCUT2D eigenvalue weighted by Gasteiger charge is -2.37. The van der Waals surface area contributed by atoms with Crippen molar-refractivity contribution in [3.8, 4) is 0 Å². The Labute approximate surface area is 116 Å². The largest absolute Gasteiger partial charge is 0.393 e. The first-order valence-electron chi connectivity index (χ1n) is 7.34.